The molecule has 0 aliphatic rings. The van der Waals surface area contributed by atoms with Crippen molar-refractivity contribution < 1.29 is 9.13 Å². The van der Waals surface area contributed by atoms with E-state index in [1.54, 1.807) is 19.2 Å². The van der Waals surface area contributed by atoms with E-state index in [0.29, 0.717) is 18.8 Å². The van der Waals surface area contributed by atoms with Crippen molar-refractivity contribution in [2.24, 2.45) is 0 Å². The zero-order chi connectivity index (χ0) is 13.7. The van der Waals surface area contributed by atoms with Crippen LogP contribution in [0.5, 0.6) is 0 Å². The summed E-state index contributed by atoms with van der Waals surface area (Å²) in [6.07, 6.45) is 0. The van der Waals surface area contributed by atoms with Gasteiger partial charge in [0.25, 0.3) is 0 Å². The van der Waals surface area contributed by atoms with Crippen molar-refractivity contribution >= 4 is 17.3 Å². The fourth-order valence-electron chi connectivity index (χ4n) is 1.81. The van der Waals surface area contributed by atoms with Gasteiger partial charge in [-0.15, -0.1) is 0 Å². The second kappa shape index (κ2) is 6.55. The third-order valence-corrected chi connectivity index (χ3v) is 3.03. The van der Waals surface area contributed by atoms with Crippen LogP contribution >= 0.6 is 11.6 Å². The highest BCUT2D eigenvalue weighted by Crippen LogP contribution is 2.19. The van der Waals surface area contributed by atoms with Crippen LogP contribution in [0.15, 0.2) is 42.5 Å². The minimum Gasteiger partial charge on any atom is -0.381 e. The van der Waals surface area contributed by atoms with Crippen molar-refractivity contribution in [1.82, 2.24) is 0 Å². The van der Waals surface area contributed by atoms with Crippen molar-refractivity contribution in [3.8, 4) is 0 Å². The average molecular weight is 280 g/mol. The molecule has 0 heterocycles. The first-order valence-corrected chi connectivity index (χ1v) is 6.32. The van der Waals surface area contributed by atoms with Gasteiger partial charge in [-0.25, -0.2) is 4.39 Å². The van der Waals surface area contributed by atoms with E-state index >= 15 is 0 Å². The Bertz CT molecular complexity index is 560. The van der Waals surface area contributed by atoms with Gasteiger partial charge in [0.2, 0.25) is 0 Å². The lowest BCUT2D eigenvalue weighted by molar-refractivity contribution is 0.185. The summed E-state index contributed by atoms with van der Waals surface area (Å²) in [5.74, 6) is -0.417. The topological polar surface area (TPSA) is 21.3 Å². The smallest absolute Gasteiger partial charge is 0.143 e. The Kier molecular flexibility index (Phi) is 4.77. The van der Waals surface area contributed by atoms with Crippen LogP contribution in [0, 0.1) is 5.82 Å². The van der Waals surface area contributed by atoms with Crippen molar-refractivity contribution in [3.63, 3.8) is 0 Å². The molecule has 0 saturated heterocycles. The standard InChI is InChI=1S/C15H15ClFNO/c1-19-10-12-4-2-3-11(7-12)9-18-13-5-6-14(16)15(17)8-13/h2-8,18H,9-10H2,1H3. The molecule has 2 aromatic carbocycles. The van der Waals surface area contributed by atoms with Gasteiger partial charge < -0.3 is 10.1 Å². The lowest BCUT2D eigenvalue weighted by Gasteiger charge is -2.08. The van der Waals surface area contributed by atoms with Crippen molar-refractivity contribution in [1.29, 1.82) is 0 Å². The predicted octanol–water partition coefficient (Wildman–Crippen LogP) is 4.24. The molecule has 19 heavy (non-hydrogen) atoms. The molecular weight excluding hydrogens is 265 g/mol. The van der Waals surface area contributed by atoms with Gasteiger partial charge in [0.05, 0.1) is 11.6 Å². The van der Waals surface area contributed by atoms with E-state index in [-0.39, 0.29) is 5.02 Å². The molecule has 0 aliphatic heterocycles. The van der Waals surface area contributed by atoms with Crippen LogP contribution in [-0.2, 0) is 17.9 Å². The highest BCUT2D eigenvalue weighted by molar-refractivity contribution is 6.30. The quantitative estimate of drug-likeness (QED) is 0.884. The minimum atomic E-state index is -0.417. The van der Waals surface area contributed by atoms with E-state index < -0.39 is 5.82 Å². The van der Waals surface area contributed by atoms with Crippen LogP contribution in [-0.4, -0.2) is 7.11 Å². The van der Waals surface area contributed by atoms with Crippen LogP contribution in [0.25, 0.3) is 0 Å². The first-order chi connectivity index (χ1) is 9.19. The first kappa shape index (κ1) is 13.8. The van der Waals surface area contributed by atoms with Gasteiger partial charge in [-0.1, -0.05) is 35.9 Å². The molecule has 0 unspecified atom stereocenters. The number of methoxy groups -OCH3 is 1. The van der Waals surface area contributed by atoms with Crippen LogP contribution in [0.3, 0.4) is 0 Å². The van der Waals surface area contributed by atoms with Crippen LogP contribution < -0.4 is 5.32 Å². The third-order valence-electron chi connectivity index (χ3n) is 2.72. The van der Waals surface area contributed by atoms with Crippen LogP contribution in [0.2, 0.25) is 5.02 Å². The van der Waals surface area contributed by atoms with Crippen molar-refractivity contribution in [3.05, 3.63) is 64.4 Å². The van der Waals surface area contributed by atoms with E-state index in [1.165, 1.54) is 6.07 Å². The zero-order valence-corrected chi connectivity index (χ0v) is 11.4. The molecule has 2 rings (SSSR count). The Morgan fingerprint density at radius 1 is 1.16 bits per heavy atom. The molecule has 0 amide bonds. The van der Waals surface area contributed by atoms with Gasteiger partial charge in [0.15, 0.2) is 0 Å². The maximum atomic E-state index is 13.3. The maximum Gasteiger partial charge on any atom is 0.143 e. The highest BCUT2D eigenvalue weighted by atomic mass is 35.5. The SMILES string of the molecule is COCc1cccc(CNc2ccc(Cl)c(F)c2)c1. The molecule has 0 fully saturated rings. The minimum absolute atomic E-state index is 0.132. The molecule has 0 bridgehead atoms. The summed E-state index contributed by atoms with van der Waals surface area (Å²) >= 11 is 5.64. The number of benzene rings is 2. The van der Waals surface area contributed by atoms with Gasteiger partial charge in [-0.2, -0.15) is 0 Å². The monoisotopic (exact) mass is 279 g/mol. The number of ether oxygens (including phenoxy) is 1. The number of anilines is 1. The number of halogens is 2. The van der Waals surface area contributed by atoms with Crippen molar-refractivity contribution in [2.45, 2.75) is 13.2 Å². The summed E-state index contributed by atoms with van der Waals surface area (Å²) in [6.45, 7) is 1.21. The predicted molar refractivity (Wildman–Crippen MR) is 75.9 cm³/mol. The molecule has 0 atom stereocenters. The normalized spacial score (nSPS) is 10.5. The Labute approximate surface area is 117 Å². The Morgan fingerprint density at radius 2 is 1.95 bits per heavy atom. The molecule has 0 spiro atoms. The van der Waals surface area contributed by atoms with Gasteiger partial charge >= 0.3 is 0 Å². The van der Waals surface area contributed by atoms with E-state index in [1.807, 2.05) is 18.2 Å². The third kappa shape index (κ3) is 3.94. The maximum absolute atomic E-state index is 13.3. The summed E-state index contributed by atoms with van der Waals surface area (Å²) < 4.78 is 18.4. The molecule has 2 nitrogen and oxygen atoms in total. The number of hydrogen-bond acceptors (Lipinski definition) is 2. The summed E-state index contributed by atoms with van der Waals surface area (Å²) in [5, 5.41) is 3.29. The second-order valence-electron chi connectivity index (χ2n) is 4.24. The van der Waals surface area contributed by atoms with Crippen LogP contribution in [0.4, 0.5) is 10.1 Å². The summed E-state index contributed by atoms with van der Waals surface area (Å²) in [6, 6.07) is 12.7. The highest BCUT2D eigenvalue weighted by Gasteiger charge is 2.01. The molecule has 0 radical (unpaired) electrons. The van der Waals surface area contributed by atoms with Gasteiger partial charge in [0, 0.05) is 19.3 Å². The Hall–Kier alpha value is -1.58. The molecule has 1 N–H and O–H groups in total. The summed E-state index contributed by atoms with van der Waals surface area (Å²) in [7, 11) is 1.67. The fourth-order valence-corrected chi connectivity index (χ4v) is 1.92. The van der Waals surface area contributed by atoms with Gasteiger partial charge in [0.1, 0.15) is 5.82 Å². The fraction of sp³-hybridized carbons (Fsp3) is 0.200. The Balaban J connectivity index is 2.01. The van der Waals surface area contributed by atoms with E-state index in [2.05, 4.69) is 11.4 Å². The number of hydrogen-bond donors (Lipinski definition) is 1. The lowest BCUT2D eigenvalue weighted by atomic mass is 10.1. The summed E-state index contributed by atoms with van der Waals surface area (Å²) in [4.78, 5) is 0. The molecule has 2 aromatic rings. The Morgan fingerprint density at radius 3 is 2.68 bits per heavy atom. The lowest BCUT2D eigenvalue weighted by Crippen LogP contribution is -2.00. The molecule has 0 aromatic heterocycles. The molecule has 0 saturated carbocycles. The first-order valence-electron chi connectivity index (χ1n) is 5.94. The largest absolute Gasteiger partial charge is 0.381 e. The van der Waals surface area contributed by atoms with Gasteiger partial charge in [-0.3, -0.25) is 0 Å². The molecule has 100 valence electrons. The van der Waals surface area contributed by atoms with E-state index in [0.717, 1.165) is 11.1 Å². The molecule has 0 aliphatic carbocycles. The average Bonchev–Trinajstić information content (AvgIpc) is 2.41. The number of nitrogens with one attached hydrogen (secondary N) is 1. The second-order valence-corrected chi connectivity index (χ2v) is 4.64. The molecular formula is C15H15ClFNO. The van der Waals surface area contributed by atoms with E-state index in [4.69, 9.17) is 16.3 Å². The number of rotatable bonds is 5. The van der Waals surface area contributed by atoms with Crippen molar-refractivity contribution in [2.75, 3.05) is 12.4 Å². The molecule has 4 heteroatoms. The summed E-state index contributed by atoms with van der Waals surface area (Å²) in [5.41, 5.74) is 2.94. The van der Waals surface area contributed by atoms with E-state index in [9.17, 15) is 4.39 Å². The van der Waals surface area contributed by atoms with Gasteiger partial charge in [-0.05, 0) is 29.3 Å². The van der Waals surface area contributed by atoms with Crippen LogP contribution in [0.1, 0.15) is 11.1 Å². The zero-order valence-electron chi connectivity index (χ0n) is 10.6.